The first-order chi connectivity index (χ1) is 14.0. The maximum atomic E-state index is 6.32. The molecule has 0 unspecified atom stereocenters. The normalized spacial score (nSPS) is 26.3. The van der Waals surface area contributed by atoms with E-state index in [0.717, 1.165) is 18.8 Å². The molecule has 3 heteroatoms. The van der Waals surface area contributed by atoms with Crippen LogP contribution in [0.25, 0.3) is 0 Å². The minimum atomic E-state index is 0.488. The van der Waals surface area contributed by atoms with Gasteiger partial charge in [0.15, 0.2) is 0 Å². The number of hydrogen-bond donors (Lipinski definition) is 0. The summed E-state index contributed by atoms with van der Waals surface area (Å²) in [5.41, 5.74) is 0. The summed E-state index contributed by atoms with van der Waals surface area (Å²) in [6, 6.07) is 0. The average molecular weight is 407 g/mol. The predicted molar refractivity (Wildman–Crippen MR) is 127 cm³/mol. The summed E-state index contributed by atoms with van der Waals surface area (Å²) in [4.78, 5) is 5.15. The molecule has 1 saturated carbocycles. The largest absolute Gasteiger partial charge is 0.375 e. The Hall–Kier alpha value is -0.560. The fraction of sp³-hybridized carbons (Fsp3) is 0.923. The summed E-state index contributed by atoms with van der Waals surface area (Å²) in [6.07, 6.45) is 9.79. The number of rotatable bonds is 4. The molecular weight excluding hydrogens is 356 g/mol. The highest BCUT2D eigenvalue weighted by molar-refractivity contribution is 5.10. The van der Waals surface area contributed by atoms with Crippen molar-refractivity contribution < 1.29 is 4.74 Å². The predicted octanol–water partition coefficient (Wildman–Crippen LogP) is 5.69. The third kappa shape index (κ3) is 10.9. The maximum absolute atomic E-state index is 6.32. The second-order valence-corrected chi connectivity index (χ2v) is 9.32. The Kier molecular flexibility index (Phi) is 13.9. The molecule has 2 aliphatic heterocycles. The number of piperidine rings is 2. The van der Waals surface area contributed by atoms with Crippen LogP contribution in [0, 0.1) is 29.6 Å². The first-order valence-electron chi connectivity index (χ1n) is 12.6. The molecule has 3 aliphatic rings. The Morgan fingerprint density at radius 3 is 1.97 bits per heavy atom. The van der Waals surface area contributed by atoms with Crippen molar-refractivity contribution >= 4 is 0 Å². The number of hydrogen-bond acceptors (Lipinski definition) is 3. The van der Waals surface area contributed by atoms with Gasteiger partial charge in [-0.05, 0) is 64.6 Å². The Labute approximate surface area is 182 Å². The van der Waals surface area contributed by atoms with Crippen molar-refractivity contribution in [3.63, 3.8) is 0 Å². The lowest BCUT2D eigenvalue weighted by atomic mass is 9.82. The van der Waals surface area contributed by atoms with Crippen LogP contribution in [0.1, 0.15) is 86.5 Å². The first kappa shape index (κ1) is 26.5. The minimum Gasteiger partial charge on any atom is -0.375 e. The van der Waals surface area contributed by atoms with E-state index in [1.165, 1.54) is 64.8 Å². The van der Waals surface area contributed by atoms with E-state index >= 15 is 0 Å². The lowest BCUT2D eigenvalue weighted by Crippen LogP contribution is -2.44. The van der Waals surface area contributed by atoms with Crippen LogP contribution in [0.4, 0.5) is 0 Å². The third-order valence-electron chi connectivity index (χ3n) is 5.94. The minimum absolute atomic E-state index is 0.488. The molecule has 0 spiro atoms. The van der Waals surface area contributed by atoms with Gasteiger partial charge in [-0.15, -0.1) is 5.92 Å². The molecular formula is C26H50N2O. The molecule has 0 aromatic carbocycles. The van der Waals surface area contributed by atoms with Crippen LogP contribution >= 0.6 is 0 Å². The van der Waals surface area contributed by atoms with Gasteiger partial charge in [0.1, 0.15) is 0 Å². The highest BCUT2D eigenvalue weighted by Crippen LogP contribution is 2.32. The lowest BCUT2D eigenvalue weighted by molar-refractivity contribution is -0.0858. The zero-order chi connectivity index (χ0) is 21.6. The van der Waals surface area contributed by atoms with Crippen molar-refractivity contribution in [2.45, 2.75) is 98.7 Å². The average Bonchev–Trinajstić information content (AvgIpc) is 2.68. The molecule has 0 N–H and O–H groups in total. The topological polar surface area (TPSA) is 15.7 Å². The molecule has 3 nitrogen and oxygen atoms in total. The highest BCUT2D eigenvalue weighted by atomic mass is 16.5. The molecule has 0 atom stereocenters. The van der Waals surface area contributed by atoms with Crippen LogP contribution in [0.5, 0.6) is 0 Å². The Morgan fingerprint density at radius 2 is 1.45 bits per heavy atom. The maximum Gasteiger partial charge on any atom is 0.0603 e. The molecule has 0 aromatic rings. The molecule has 3 rings (SSSR count). The summed E-state index contributed by atoms with van der Waals surface area (Å²) in [7, 11) is 2.25. The lowest BCUT2D eigenvalue weighted by Gasteiger charge is -2.40. The molecule has 0 amide bonds. The van der Waals surface area contributed by atoms with Crippen LogP contribution in [0.15, 0.2) is 0 Å². The van der Waals surface area contributed by atoms with E-state index in [1.807, 2.05) is 13.8 Å². The molecule has 0 radical (unpaired) electrons. The fourth-order valence-electron chi connectivity index (χ4n) is 4.19. The monoisotopic (exact) mass is 406 g/mol. The van der Waals surface area contributed by atoms with Gasteiger partial charge in [0.25, 0.3) is 0 Å². The van der Waals surface area contributed by atoms with Gasteiger partial charge in [-0.3, -0.25) is 0 Å². The molecule has 3 fully saturated rings. The van der Waals surface area contributed by atoms with Crippen LogP contribution < -0.4 is 0 Å². The highest BCUT2D eigenvalue weighted by Gasteiger charge is 2.32. The number of ether oxygens (including phenoxy) is 1. The zero-order valence-electron chi connectivity index (χ0n) is 20.7. The van der Waals surface area contributed by atoms with Gasteiger partial charge in [0.05, 0.1) is 12.2 Å². The fourth-order valence-corrected chi connectivity index (χ4v) is 4.19. The standard InChI is InChI=1S/C21H36N2O.C3H8.C2H6/c1-17(2)4-5-19-14-21(15-19)24-20-8-12-23(13-9-20)16-18-6-10-22(3)11-7-18;1-3-2;1-2/h17-21H,6-16H2,1-3H3;3H2,1-2H3;1-2H3. The summed E-state index contributed by atoms with van der Waals surface area (Å²) in [5, 5.41) is 0. The van der Waals surface area contributed by atoms with Crippen LogP contribution in [-0.4, -0.2) is 61.8 Å². The summed E-state index contributed by atoms with van der Waals surface area (Å²) in [5.74, 6) is 8.72. The van der Waals surface area contributed by atoms with Gasteiger partial charge in [0.2, 0.25) is 0 Å². The second kappa shape index (κ2) is 15.3. The van der Waals surface area contributed by atoms with Crippen LogP contribution in [0.3, 0.4) is 0 Å². The van der Waals surface area contributed by atoms with Crippen molar-refractivity contribution in [2.24, 2.45) is 17.8 Å². The van der Waals surface area contributed by atoms with Crippen molar-refractivity contribution in [3.05, 3.63) is 0 Å². The van der Waals surface area contributed by atoms with Gasteiger partial charge >= 0.3 is 0 Å². The molecule has 2 heterocycles. The summed E-state index contributed by atoms with van der Waals surface area (Å²) < 4.78 is 6.32. The van der Waals surface area contributed by atoms with E-state index in [9.17, 15) is 0 Å². The van der Waals surface area contributed by atoms with Crippen molar-refractivity contribution in [1.29, 1.82) is 0 Å². The van der Waals surface area contributed by atoms with Crippen LogP contribution in [0.2, 0.25) is 0 Å². The third-order valence-corrected chi connectivity index (χ3v) is 5.94. The van der Waals surface area contributed by atoms with Gasteiger partial charge < -0.3 is 14.5 Å². The molecule has 0 bridgehead atoms. The van der Waals surface area contributed by atoms with Crippen LogP contribution in [-0.2, 0) is 4.74 Å². The van der Waals surface area contributed by atoms with Gasteiger partial charge in [-0.1, -0.05) is 53.9 Å². The summed E-state index contributed by atoms with van der Waals surface area (Å²) in [6.45, 7) is 18.9. The molecule has 2 saturated heterocycles. The zero-order valence-corrected chi connectivity index (χ0v) is 20.7. The van der Waals surface area contributed by atoms with Crippen molar-refractivity contribution in [3.8, 4) is 11.8 Å². The SMILES string of the molecule is CC.CC(C)C#CC1CC(OC2CCN(CC3CCN(C)CC3)CC2)C1.CCC. The Morgan fingerprint density at radius 1 is 0.897 bits per heavy atom. The van der Waals surface area contributed by atoms with E-state index in [2.05, 4.69) is 56.4 Å². The molecule has 0 aromatic heterocycles. The van der Waals surface area contributed by atoms with Gasteiger partial charge in [-0.2, -0.15) is 0 Å². The Balaban J connectivity index is 0.000000771. The van der Waals surface area contributed by atoms with E-state index < -0.39 is 0 Å². The quantitative estimate of drug-likeness (QED) is 0.558. The van der Waals surface area contributed by atoms with Gasteiger partial charge in [0, 0.05) is 31.5 Å². The molecule has 170 valence electrons. The van der Waals surface area contributed by atoms with Gasteiger partial charge in [-0.25, -0.2) is 0 Å². The first-order valence-corrected chi connectivity index (χ1v) is 12.6. The molecule has 1 aliphatic carbocycles. The second-order valence-electron chi connectivity index (χ2n) is 9.32. The molecule has 29 heavy (non-hydrogen) atoms. The number of likely N-dealkylation sites (tertiary alicyclic amines) is 2. The van der Waals surface area contributed by atoms with E-state index in [1.54, 1.807) is 0 Å². The van der Waals surface area contributed by atoms with E-state index in [4.69, 9.17) is 4.74 Å². The summed E-state index contributed by atoms with van der Waals surface area (Å²) >= 11 is 0. The van der Waals surface area contributed by atoms with Crippen molar-refractivity contribution in [1.82, 2.24) is 9.80 Å². The number of nitrogens with zero attached hydrogens (tertiary/aromatic N) is 2. The van der Waals surface area contributed by atoms with E-state index in [-0.39, 0.29) is 0 Å². The van der Waals surface area contributed by atoms with E-state index in [0.29, 0.717) is 24.0 Å². The smallest absolute Gasteiger partial charge is 0.0603 e. The van der Waals surface area contributed by atoms with Crippen molar-refractivity contribution in [2.75, 3.05) is 39.8 Å². The Bertz CT molecular complexity index is 445.